The second kappa shape index (κ2) is 12.3. The molecule has 0 aliphatic carbocycles. The summed E-state index contributed by atoms with van der Waals surface area (Å²) in [7, 11) is 0. The van der Waals surface area contributed by atoms with Crippen molar-refractivity contribution in [2.24, 2.45) is 0 Å². The minimum absolute atomic E-state index is 0. The number of ether oxygens (including phenoxy) is 1. The van der Waals surface area contributed by atoms with Gasteiger partial charge in [-0.15, -0.1) is 24.2 Å². The van der Waals surface area contributed by atoms with Gasteiger partial charge in [0, 0.05) is 11.4 Å². The first kappa shape index (κ1) is 19.8. The maximum atomic E-state index is 9.85. The summed E-state index contributed by atoms with van der Waals surface area (Å²) >= 11 is 1.86. The second-order valence-corrected chi connectivity index (χ2v) is 6.17. The van der Waals surface area contributed by atoms with E-state index in [-0.39, 0.29) is 12.4 Å². The third-order valence-corrected chi connectivity index (χ3v) is 4.17. The van der Waals surface area contributed by atoms with Crippen molar-refractivity contribution < 1.29 is 9.84 Å². The first-order valence-electron chi connectivity index (χ1n) is 7.59. The maximum absolute atomic E-state index is 9.85. The number of hydrogen-bond donors (Lipinski definition) is 2. The Hall–Kier alpha value is -1.20. The van der Waals surface area contributed by atoms with Crippen molar-refractivity contribution >= 4 is 24.2 Å². The minimum atomic E-state index is -0.484. The van der Waals surface area contributed by atoms with Crippen molar-refractivity contribution in [3.8, 4) is 5.75 Å². The zero-order valence-corrected chi connectivity index (χ0v) is 14.7. The molecule has 1 unspecified atom stereocenters. The molecule has 2 rings (SSSR count). The first-order valence-corrected chi connectivity index (χ1v) is 8.57. The number of halogens is 1. The summed E-state index contributed by atoms with van der Waals surface area (Å²) in [5, 5.41) is 13.1. The van der Waals surface area contributed by atoms with Gasteiger partial charge in [-0.3, -0.25) is 0 Å². The Bertz CT molecular complexity index is 513. The normalized spacial score (nSPS) is 11.5. The summed E-state index contributed by atoms with van der Waals surface area (Å²) in [5.74, 6) is 1.87. The number of nitrogens with one attached hydrogen (secondary N) is 1. The Morgan fingerprint density at radius 3 is 2.35 bits per heavy atom. The van der Waals surface area contributed by atoms with Crippen molar-refractivity contribution in [3.05, 3.63) is 60.7 Å². The van der Waals surface area contributed by atoms with Gasteiger partial charge in [0.2, 0.25) is 0 Å². The van der Waals surface area contributed by atoms with Crippen LogP contribution in [0.3, 0.4) is 0 Å². The topological polar surface area (TPSA) is 41.5 Å². The second-order valence-electron chi connectivity index (χ2n) is 5.00. The molecule has 0 aliphatic heterocycles. The SMILES string of the molecule is Cl.OC(CNCCCSc1ccccc1)COc1ccccc1. The van der Waals surface area contributed by atoms with Crippen LogP contribution in [-0.2, 0) is 0 Å². The van der Waals surface area contributed by atoms with Crippen molar-refractivity contribution in [3.63, 3.8) is 0 Å². The van der Waals surface area contributed by atoms with Gasteiger partial charge in [-0.25, -0.2) is 0 Å². The zero-order valence-electron chi connectivity index (χ0n) is 13.1. The van der Waals surface area contributed by atoms with E-state index >= 15 is 0 Å². The first-order chi connectivity index (χ1) is 10.8. The van der Waals surface area contributed by atoms with E-state index in [9.17, 15) is 5.11 Å². The Morgan fingerprint density at radius 1 is 1.00 bits per heavy atom. The van der Waals surface area contributed by atoms with E-state index in [1.807, 2.05) is 48.2 Å². The summed E-state index contributed by atoms with van der Waals surface area (Å²) < 4.78 is 5.51. The molecule has 3 nitrogen and oxygen atoms in total. The molecular weight excluding hydrogens is 330 g/mol. The number of para-hydroxylation sites is 1. The minimum Gasteiger partial charge on any atom is -0.491 e. The summed E-state index contributed by atoms with van der Waals surface area (Å²) in [6.45, 7) is 1.78. The molecule has 23 heavy (non-hydrogen) atoms. The molecule has 0 amide bonds. The largest absolute Gasteiger partial charge is 0.491 e. The molecule has 0 spiro atoms. The van der Waals surface area contributed by atoms with Crippen molar-refractivity contribution in [2.45, 2.75) is 17.4 Å². The molecule has 0 aromatic heterocycles. The van der Waals surface area contributed by atoms with Crippen LogP contribution >= 0.6 is 24.2 Å². The summed E-state index contributed by atoms with van der Waals surface area (Å²) in [6.07, 6.45) is 0.591. The van der Waals surface area contributed by atoms with E-state index in [0.717, 1.165) is 24.5 Å². The van der Waals surface area contributed by atoms with Gasteiger partial charge in [-0.05, 0) is 43.0 Å². The zero-order chi connectivity index (χ0) is 15.5. The summed E-state index contributed by atoms with van der Waals surface area (Å²) in [4.78, 5) is 1.30. The van der Waals surface area contributed by atoms with E-state index in [1.165, 1.54) is 4.90 Å². The summed E-state index contributed by atoms with van der Waals surface area (Å²) in [5.41, 5.74) is 0. The average molecular weight is 354 g/mol. The van der Waals surface area contributed by atoms with Gasteiger partial charge in [-0.2, -0.15) is 0 Å². The lowest BCUT2D eigenvalue weighted by atomic mass is 10.3. The molecule has 0 fully saturated rings. The Kier molecular flexibility index (Phi) is 10.6. The average Bonchev–Trinajstić information content (AvgIpc) is 2.58. The van der Waals surface area contributed by atoms with Crippen molar-refractivity contribution in [2.75, 3.05) is 25.4 Å². The highest BCUT2D eigenvalue weighted by Crippen LogP contribution is 2.17. The lowest BCUT2D eigenvalue weighted by molar-refractivity contribution is 0.106. The fourth-order valence-corrected chi connectivity index (χ4v) is 2.81. The fourth-order valence-electron chi connectivity index (χ4n) is 1.94. The molecule has 2 aromatic carbocycles. The van der Waals surface area contributed by atoms with E-state index in [2.05, 4.69) is 29.6 Å². The molecule has 2 aromatic rings. The fraction of sp³-hybridized carbons (Fsp3) is 0.333. The third-order valence-electron chi connectivity index (χ3n) is 3.08. The van der Waals surface area contributed by atoms with Gasteiger partial charge in [-0.1, -0.05) is 36.4 Å². The highest BCUT2D eigenvalue weighted by molar-refractivity contribution is 7.99. The molecule has 0 heterocycles. The lowest BCUT2D eigenvalue weighted by Crippen LogP contribution is -2.32. The predicted octanol–water partition coefficient (Wildman–Crippen LogP) is 3.62. The lowest BCUT2D eigenvalue weighted by Gasteiger charge is -2.13. The van der Waals surface area contributed by atoms with Gasteiger partial charge < -0.3 is 15.2 Å². The molecular formula is C18H24ClNO2S. The Labute approximate surface area is 148 Å². The summed E-state index contributed by atoms with van der Waals surface area (Å²) in [6, 6.07) is 20.0. The monoisotopic (exact) mass is 353 g/mol. The number of thioether (sulfide) groups is 1. The van der Waals surface area contributed by atoms with Crippen LogP contribution < -0.4 is 10.1 Å². The maximum Gasteiger partial charge on any atom is 0.119 e. The number of benzene rings is 2. The van der Waals surface area contributed by atoms with Crippen LogP contribution in [0.4, 0.5) is 0 Å². The molecule has 126 valence electrons. The van der Waals surface area contributed by atoms with Gasteiger partial charge in [0.05, 0.1) is 0 Å². The van der Waals surface area contributed by atoms with Gasteiger partial charge in [0.1, 0.15) is 18.5 Å². The third kappa shape index (κ3) is 8.86. The van der Waals surface area contributed by atoms with Crippen LogP contribution in [0, 0.1) is 0 Å². The molecule has 0 saturated heterocycles. The predicted molar refractivity (Wildman–Crippen MR) is 99.8 cm³/mol. The van der Waals surface area contributed by atoms with Crippen LogP contribution in [0.15, 0.2) is 65.6 Å². The Morgan fingerprint density at radius 2 is 1.65 bits per heavy atom. The molecule has 2 N–H and O–H groups in total. The van der Waals surface area contributed by atoms with E-state index in [1.54, 1.807) is 0 Å². The molecule has 5 heteroatoms. The number of aliphatic hydroxyl groups is 1. The van der Waals surface area contributed by atoms with Gasteiger partial charge in [0.25, 0.3) is 0 Å². The van der Waals surface area contributed by atoms with E-state index < -0.39 is 6.10 Å². The van der Waals surface area contributed by atoms with Crippen LogP contribution in [0.1, 0.15) is 6.42 Å². The van der Waals surface area contributed by atoms with Crippen LogP contribution in [-0.4, -0.2) is 36.7 Å². The Balaban J connectivity index is 0.00000264. The molecule has 0 radical (unpaired) electrons. The number of rotatable bonds is 10. The highest BCUT2D eigenvalue weighted by Gasteiger charge is 2.04. The highest BCUT2D eigenvalue weighted by atomic mass is 35.5. The van der Waals surface area contributed by atoms with Crippen molar-refractivity contribution in [1.29, 1.82) is 0 Å². The number of hydrogen-bond acceptors (Lipinski definition) is 4. The van der Waals surface area contributed by atoms with Gasteiger partial charge in [0.15, 0.2) is 0 Å². The smallest absolute Gasteiger partial charge is 0.119 e. The standard InChI is InChI=1S/C18H23NO2S.ClH/c20-16(15-21-17-8-3-1-4-9-17)14-19-12-7-13-22-18-10-5-2-6-11-18;/h1-6,8-11,16,19-20H,7,12-15H2;1H. The molecule has 0 bridgehead atoms. The molecule has 1 atom stereocenters. The van der Waals surface area contributed by atoms with E-state index in [4.69, 9.17) is 4.74 Å². The van der Waals surface area contributed by atoms with Crippen LogP contribution in [0.25, 0.3) is 0 Å². The van der Waals surface area contributed by atoms with Crippen LogP contribution in [0.5, 0.6) is 5.75 Å². The van der Waals surface area contributed by atoms with Crippen molar-refractivity contribution in [1.82, 2.24) is 5.32 Å². The van der Waals surface area contributed by atoms with Crippen LogP contribution in [0.2, 0.25) is 0 Å². The number of aliphatic hydroxyl groups excluding tert-OH is 1. The molecule has 0 aliphatic rings. The van der Waals surface area contributed by atoms with E-state index in [0.29, 0.717) is 13.2 Å². The molecule has 0 saturated carbocycles. The quantitative estimate of drug-likeness (QED) is 0.505. The van der Waals surface area contributed by atoms with Gasteiger partial charge >= 0.3 is 0 Å².